The summed E-state index contributed by atoms with van der Waals surface area (Å²) in [6, 6.07) is 1.36. The molecule has 3 heterocycles. The van der Waals surface area contributed by atoms with E-state index >= 15 is 0 Å². The average molecular weight is 422 g/mol. The normalized spacial score (nSPS) is 32.8. The van der Waals surface area contributed by atoms with Crippen molar-refractivity contribution in [3.8, 4) is 0 Å². The van der Waals surface area contributed by atoms with Gasteiger partial charge < -0.3 is 4.90 Å². The molecule has 1 aromatic rings. The number of piperidine rings is 1. The highest BCUT2D eigenvalue weighted by atomic mass is 19.4. The molecule has 3 fully saturated rings. The summed E-state index contributed by atoms with van der Waals surface area (Å²) in [7, 11) is 0. The molecule has 3 aliphatic rings. The summed E-state index contributed by atoms with van der Waals surface area (Å²) in [6.07, 6.45) is -6.46. The van der Waals surface area contributed by atoms with Gasteiger partial charge in [-0.3, -0.25) is 20.6 Å². The SMILES string of the molecule is O=C1C2CNNC2C2CCC(c3ccc(C(F)(F)F)nc3)CC2N1CC(F)(F)F. The minimum Gasteiger partial charge on any atom is -0.330 e. The van der Waals surface area contributed by atoms with Crippen molar-refractivity contribution in [1.82, 2.24) is 20.7 Å². The Bertz CT molecular complexity index is 765. The highest BCUT2D eigenvalue weighted by Crippen LogP contribution is 2.45. The van der Waals surface area contributed by atoms with Gasteiger partial charge in [0, 0.05) is 24.8 Å². The number of amides is 1. The van der Waals surface area contributed by atoms with Gasteiger partial charge in [-0.15, -0.1) is 0 Å². The van der Waals surface area contributed by atoms with Gasteiger partial charge in [0.1, 0.15) is 12.2 Å². The van der Waals surface area contributed by atoms with Gasteiger partial charge in [-0.25, -0.2) is 0 Å². The van der Waals surface area contributed by atoms with Crippen LogP contribution in [0.5, 0.6) is 0 Å². The minimum atomic E-state index is -4.55. The third-order valence-electron chi connectivity index (χ3n) is 6.25. The molecule has 0 spiro atoms. The Balaban J connectivity index is 1.58. The van der Waals surface area contributed by atoms with Crippen LogP contribution in [0.3, 0.4) is 0 Å². The molecule has 1 aromatic heterocycles. The lowest BCUT2D eigenvalue weighted by Gasteiger charge is -2.50. The molecule has 5 nitrogen and oxygen atoms in total. The summed E-state index contributed by atoms with van der Waals surface area (Å²) >= 11 is 0. The Morgan fingerprint density at radius 3 is 2.52 bits per heavy atom. The van der Waals surface area contributed by atoms with Crippen LogP contribution in [0.15, 0.2) is 18.3 Å². The van der Waals surface area contributed by atoms with Gasteiger partial charge in [0.05, 0.1) is 5.92 Å². The second-order valence-electron chi connectivity index (χ2n) is 7.95. The zero-order valence-corrected chi connectivity index (χ0v) is 15.2. The highest BCUT2D eigenvalue weighted by molar-refractivity contribution is 5.82. The topological polar surface area (TPSA) is 57.3 Å². The molecule has 1 aliphatic carbocycles. The summed E-state index contributed by atoms with van der Waals surface area (Å²) in [5, 5.41) is 0. The second-order valence-corrected chi connectivity index (χ2v) is 7.95. The molecule has 0 aromatic carbocycles. The molecular weight excluding hydrogens is 402 g/mol. The first kappa shape index (κ1) is 20.4. The van der Waals surface area contributed by atoms with Crippen LogP contribution < -0.4 is 10.9 Å². The average Bonchev–Trinajstić information content (AvgIpc) is 3.13. The van der Waals surface area contributed by atoms with E-state index in [-0.39, 0.29) is 30.8 Å². The first-order valence-electron chi connectivity index (χ1n) is 9.43. The molecule has 29 heavy (non-hydrogen) atoms. The number of carbonyl (C=O) groups is 1. The number of hydrogen-bond donors (Lipinski definition) is 2. The molecule has 2 N–H and O–H groups in total. The number of carbonyl (C=O) groups excluding carboxylic acids is 1. The minimum absolute atomic E-state index is 0.145. The molecule has 1 saturated carbocycles. The summed E-state index contributed by atoms with van der Waals surface area (Å²) in [5.41, 5.74) is 5.46. The predicted molar refractivity (Wildman–Crippen MR) is 89.3 cm³/mol. The van der Waals surface area contributed by atoms with Crippen molar-refractivity contribution < 1.29 is 31.1 Å². The van der Waals surface area contributed by atoms with Gasteiger partial charge in [0.25, 0.3) is 0 Å². The molecule has 0 radical (unpaired) electrons. The largest absolute Gasteiger partial charge is 0.433 e. The molecular formula is C18H20F6N4O. The van der Waals surface area contributed by atoms with Crippen molar-refractivity contribution in [1.29, 1.82) is 0 Å². The van der Waals surface area contributed by atoms with E-state index in [9.17, 15) is 31.1 Å². The van der Waals surface area contributed by atoms with E-state index in [1.807, 2.05) is 0 Å². The maximum absolute atomic E-state index is 13.2. The maximum atomic E-state index is 13.2. The Morgan fingerprint density at radius 2 is 1.90 bits per heavy atom. The van der Waals surface area contributed by atoms with Crippen LogP contribution in [0.4, 0.5) is 26.3 Å². The number of hydrazine groups is 1. The van der Waals surface area contributed by atoms with E-state index in [0.29, 0.717) is 18.4 Å². The third-order valence-corrected chi connectivity index (χ3v) is 6.25. The zero-order valence-electron chi connectivity index (χ0n) is 15.2. The van der Waals surface area contributed by atoms with Crippen molar-refractivity contribution in [2.24, 2.45) is 11.8 Å². The van der Waals surface area contributed by atoms with Crippen LogP contribution in [-0.4, -0.2) is 47.1 Å². The lowest BCUT2D eigenvalue weighted by atomic mass is 9.67. The Kier molecular flexibility index (Phi) is 5.01. The number of likely N-dealkylation sites (tertiary alicyclic amines) is 1. The van der Waals surface area contributed by atoms with Gasteiger partial charge >= 0.3 is 12.4 Å². The van der Waals surface area contributed by atoms with Gasteiger partial charge in [-0.1, -0.05) is 6.07 Å². The molecule has 2 aliphatic heterocycles. The summed E-state index contributed by atoms with van der Waals surface area (Å²) in [5.74, 6) is -1.46. The first-order valence-corrected chi connectivity index (χ1v) is 9.43. The number of hydrogen-bond acceptors (Lipinski definition) is 4. The summed E-state index contributed by atoms with van der Waals surface area (Å²) in [6.45, 7) is -1.03. The number of pyridine rings is 1. The molecule has 160 valence electrons. The molecule has 5 unspecified atom stereocenters. The van der Waals surface area contributed by atoms with Gasteiger partial charge in [-0.05, 0) is 42.7 Å². The predicted octanol–water partition coefficient (Wildman–Crippen LogP) is 2.85. The number of rotatable bonds is 2. The monoisotopic (exact) mass is 422 g/mol. The van der Waals surface area contributed by atoms with E-state index in [1.54, 1.807) is 0 Å². The van der Waals surface area contributed by atoms with Crippen molar-refractivity contribution >= 4 is 5.91 Å². The molecule has 0 bridgehead atoms. The standard InChI is InChI=1S/C18H20F6N4O/c19-17(20,21)8-28-13-5-9(10-2-4-14(25-6-10)18(22,23)24)1-3-11(13)15-12(16(28)29)7-26-27-15/h2,4,6,9,11-13,15,26-27H,1,3,5,7-8H2. The second kappa shape index (κ2) is 7.12. The number of nitrogens with one attached hydrogen (secondary N) is 2. The number of aromatic nitrogens is 1. The summed E-state index contributed by atoms with van der Waals surface area (Å²) in [4.78, 5) is 17.1. The number of halogens is 6. The van der Waals surface area contributed by atoms with Crippen LogP contribution in [0.1, 0.15) is 36.4 Å². The smallest absolute Gasteiger partial charge is 0.330 e. The highest BCUT2D eigenvalue weighted by Gasteiger charge is 2.54. The molecule has 5 atom stereocenters. The lowest BCUT2D eigenvalue weighted by molar-refractivity contribution is -0.178. The Labute approximate surface area is 162 Å². The van der Waals surface area contributed by atoms with Crippen molar-refractivity contribution in [3.05, 3.63) is 29.6 Å². The number of nitrogens with zero attached hydrogens (tertiary/aromatic N) is 2. The summed E-state index contributed by atoms with van der Waals surface area (Å²) < 4.78 is 77.7. The lowest BCUT2D eigenvalue weighted by Crippen LogP contribution is -2.63. The maximum Gasteiger partial charge on any atom is 0.433 e. The van der Waals surface area contributed by atoms with E-state index in [4.69, 9.17) is 0 Å². The van der Waals surface area contributed by atoms with Gasteiger partial charge in [-0.2, -0.15) is 26.3 Å². The fourth-order valence-corrected chi connectivity index (χ4v) is 4.99. The molecule has 11 heteroatoms. The van der Waals surface area contributed by atoms with E-state index in [0.717, 1.165) is 17.2 Å². The third kappa shape index (κ3) is 3.94. The van der Waals surface area contributed by atoms with Crippen molar-refractivity contribution in [3.63, 3.8) is 0 Å². The van der Waals surface area contributed by atoms with Crippen LogP contribution in [-0.2, 0) is 11.0 Å². The molecule has 4 rings (SSSR count). The molecule has 2 saturated heterocycles. The molecule has 1 amide bonds. The fraction of sp³-hybridized carbons (Fsp3) is 0.667. The van der Waals surface area contributed by atoms with Crippen molar-refractivity contribution in [2.75, 3.05) is 13.1 Å². The van der Waals surface area contributed by atoms with Crippen LogP contribution in [0.2, 0.25) is 0 Å². The van der Waals surface area contributed by atoms with Crippen LogP contribution in [0, 0.1) is 11.8 Å². The van der Waals surface area contributed by atoms with Crippen LogP contribution in [0.25, 0.3) is 0 Å². The Hall–Kier alpha value is -1.88. The number of fused-ring (bicyclic) bond motifs is 3. The van der Waals surface area contributed by atoms with E-state index in [2.05, 4.69) is 15.8 Å². The van der Waals surface area contributed by atoms with Crippen molar-refractivity contribution in [2.45, 2.75) is 49.6 Å². The van der Waals surface area contributed by atoms with Gasteiger partial charge in [0.2, 0.25) is 5.91 Å². The first-order chi connectivity index (χ1) is 13.5. The quantitative estimate of drug-likeness (QED) is 0.720. The van der Waals surface area contributed by atoms with Crippen LogP contribution >= 0.6 is 0 Å². The fourth-order valence-electron chi connectivity index (χ4n) is 4.99. The van der Waals surface area contributed by atoms with Gasteiger partial charge in [0.15, 0.2) is 0 Å². The Morgan fingerprint density at radius 1 is 1.14 bits per heavy atom. The van der Waals surface area contributed by atoms with E-state index < -0.39 is 42.5 Å². The number of alkyl halides is 6. The van der Waals surface area contributed by atoms with E-state index in [1.165, 1.54) is 6.07 Å². The zero-order chi connectivity index (χ0) is 21.0.